The predicted molar refractivity (Wildman–Crippen MR) is 64.8 cm³/mol. The summed E-state index contributed by atoms with van der Waals surface area (Å²) in [5.74, 6) is 0. The first kappa shape index (κ1) is 15.8. The lowest BCUT2D eigenvalue weighted by Gasteiger charge is -2.34. The second-order valence-electron chi connectivity index (χ2n) is 5.22. The summed E-state index contributed by atoms with van der Waals surface area (Å²) < 4.78 is 25.8. The van der Waals surface area contributed by atoms with Crippen LogP contribution in [0.15, 0.2) is 0 Å². The van der Waals surface area contributed by atoms with E-state index in [2.05, 4.69) is 26.1 Å². The van der Waals surface area contributed by atoms with Crippen LogP contribution in [-0.2, 0) is 0 Å². The van der Waals surface area contributed by atoms with E-state index in [1.54, 1.807) is 0 Å². The van der Waals surface area contributed by atoms with Gasteiger partial charge in [0, 0.05) is 13.1 Å². The number of piperazine rings is 1. The minimum atomic E-state index is -2.70. The van der Waals surface area contributed by atoms with Gasteiger partial charge in [-0.15, -0.1) is 0 Å². The zero-order valence-corrected chi connectivity index (χ0v) is 11.2. The van der Waals surface area contributed by atoms with E-state index in [-0.39, 0.29) is 12.0 Å². The van der Waals surface area contributed by atoms with Crippen LogP contribution in [0.1, 0.15) is 41.0 Å². The maximum Gasteiger partial charge on any atom is 0.315 e. The Morgan fingerprint density at radius 3 is 2.25 bits per heavy atom. The van der Waals surface area contributed by atoms with Crippen LogP contribution in [-0.4, -0.2) is 37.1 Å². The Kier molecular flexibility index (Phi) is 6.41. The summed E-state index contributed by atoms with van der Waals surface area (Å²) in [7, 11) is 0. The van der Waals surface area contributed by atoms with Crippen molar-refractivity contribution in [3.8, 4) is 0 Å². The van der Waals surface area contributed by atoms with Gasteiger partial charge in [0.15, 0.2) is 0 Å². The Hall–Kier alpha value is -0.220. The number of nitrogens with one attached hydrogen (secondary N) is 1. The topological polar surface area (TPSA) is 15.3 Å². The fourth-order valence-electron chi connectivity index (χ4n) is 1.50. The molecule has 2 nitrogen and oxygen atoms in total. The average Bonchev–Trinajstić information content (AvgIpc) is 2.15. The summed E-state index contributed by atoms with van der Waals surface area (Å²) in [5, 5.41) is 2.21. The highest BCUT2D eigenvalue weighted by molar-refractivity contribution is 4.78. The van der Waals surface area contributed by atoms with Gasteiger partial charge in [0.25, 0.3) is 0 Å². The quantitative estimate of drug-likeness (QED) is 0.742. The average molecular weight is 236 g/mol. The van der Waals surface area contributed by atoms with Crippen LogP contribution in [0.3, 0.4) is 0 Å². The second kappa shape index (κ2) is 6.50. The van der Waals surface area contributed by atoms with Crippen molar-refractivity contribution < 1.29 is 8.78 Å². The summed E-state index contributed by atoms with van der Waals surface area (Å²) in [4.78, 5) is 1.84. The molecule has 0 aromatic carbocycles. The fraction of sp³-hybridized carbons (Fsp3) is 1.00. The molecule has 0 saturated carbocycles. The van der Waals surface area contributed by atoms with E-state index in [1.807, 2.05) is 18.7 Å². The van der Waals surface area contributed by atoms with Crippen LogP contribution < -0.4 is 5.32 Å². The van der Waals surface area contributed by atoms with E-state index < -0.39 is 6.05 Å². The van der Waals surface area contributed by atoms with Gasteiger partial charge in [0.2, 0.25) is 0 Å². The number of halogens is 2. The number of nitrogens with zero attached hydrogens (tertiary/aromatic N) is 1. The zero-order chi connectivity index (χ0) is 12.8. The molecule has 0 atom stereocenters. The molecule has 0 amide bonds. The highest BCUT2D eigenvalue weighted by Crippen LogP contribution is 2.21. The van der Waals surface area contributed by atoms with Crippen molar-refractivity contribution in [2.75, 3.05) is 26.2 Å². The maximum absolute atomic E-state index is 12.9. The van der Waals surface area contributed by atoms with Crippen molar-refractivity contribution in [3.63, 3.8) is 0 Å². The SMILES string of the molecule is CC.CC(C)(C)CCN1CCNC(F)(F)C1. The summed E-state index contributed by atoms with van der Waals surface area (Å²) in [6.07, 6.45) is 0.961. The first-order valence-corrected chi connectivity index (χ1v) is 6.14. The third kappa shape index (κ3) is 7.12. The summed E-state index contributed by atoms with van der Waals surface area (Å²) >= 11 is 0. The lowest BCUT2D eigenvalue weighted by Crippen LogP contribution is -2.55. The minimum Gasteiger partial charge on any atom is -0.295 e. The molecule has 1 N–H and O–H groups in total. The molecule has 1 aliphatic heterocycles. The number of hydrogen-bond donors (Lipinski definition) is 1. The number of alkyl halides is 2. The van der Waals surface area contributed by atoms with Crippen LogP contribution >= 0.6 is 0 Å². The molecule has 0 aliphatic carbocycles. The first-order chi connectivity index (χ1) is 7.29. The van der Waals surface area contributed by atoms with Gasteiger partial charge in [-0.1, -0.05) is 34.6 Å². The molecule has 0 unspecified atom stereocenters. The zero-order valence-electron chi connectivity index (χ0n) is 11.2. The van der Waals surface area contributed by atoms with Crippen molar-refractivity contribution in [1.82, 2.24) is 10.2 Å². The molecule has 4 heteroatoms. The number of hydrogen-bond acceptors (Lipinski definition) is 2. The van der Waals surface area contributed by atoms with E-state index >= 15 is 0 Å². The lowest BCUT2D eigenvalue weighted by atomic mass is 9.92. The molecule has 98 valence electrons. The Labute approximate surface area is 98.4 Å². The van der Waals surface area contributed by atoms with Crippen LogP contribution in [0.25, 0.3) is 0 Å². The molecule has 1 aliphatic rings. The molecule has 1 saturated heterocycles. The summed E-state index contributed by atoms with van der Waals surface area (Å²) in [6.45, 7) is 12.1. The van der Waals surface area contributed by atoms with Gasteiger partial charge in [0.1, 0.15) is 0 Å². The Bertz CT molecular complexity index is 188. The van der Waals surface area contributed by atoms with E-state index in [1.165, 1.54) is 0 Å². The Morgan fingerprint density at radius 2 is 1.81 bits per heavy atom. The normalized spacial score (nSPS) is 21.2. The van der Waals surface area contributed by atoms with Gasteiger partial charge in [0.05, 0.1) is 6.54 Å². The van der Waals surface area contributed by atoms with Crippen LogP contribution in [0.2, 0.25) is 0 Å². The number of rotatable bonds is 2. The van der Waals surface area contributed by atoms with Gasteiger partial charge in [-0.2, -0.15) is 8.78 Å². The minimum absolute atomic E-state index is 0.150. The Balaban J connectivity index is 0.00000106. The van der Waals surface area contributed by atoms with Gasteiger partial charge >= 0.3 is 6.05 Å². The van der Waals surface area contributed by atoms with Gasteiger partial charge in [-0.25, -0.2) is 0 Å². The van der Waals surface area contributed by atoms with Crippen molar-refractivity contribution in [2.45, 2.75) is 47.1 Å². The van der Waals surface area contributed by atoms with Crippen LogP contribution in [0.4, 0.5) is 8.78 Å². The van der Waals surface area contributed by atoms with Crippen molar-refractivity contribution in [2.24, 2.45) is 5.41 Å². The predicted octanol–water partition coefficient (Wildman–Crippen LogP) is 2.95. The smallest absolute Gasteiger partial charge is 0.295 e. The largest absolute Gasteiger partial charge is 0.315 e. The van der Waals surface area contributed by atoms with Gasteiger partial charge in [-0.3, -0.25) is 10.2 Å². The second-order valence-corrected chi connectivity index (χ2v) is 5.22. The van der Waals surface area contributed by atoms with Crippen molar-refractivity contribution in [3.05, 3.63) is 0 Å². The highest BCUT2D eigenvalue weighted by atomic mass is 19.3. The summed E-state index contributed by atoms with van der Waals surface area (Å²) in [5.41, 5.74) is 0.222. The molecule has 1 heterocycles. The molecule has 0 bridgehead atoms. The van der Waals surface area contributed by atoms with E-state index in [9.17, 15) is 8.78 Å². The fourth-order valence-corrected chi connectivity index (χ4v) is 1.50. The third-order valence-corrected chi connectivity index (χ3v) is 2.41. The maximum atomic E-state index is 12.9. The molecule has 16 heavy (non-hydrogen) atoms. The standard InChI is InChI=1S/C10H20F2N2.C2H6/c1-9(2,3)4-6-14-7-5-13-10(11,12)8-14;1-2/h13H,4-8H2,1-3H3;1-2H3. The highest BCUT2D eigenvalue weighted by Gasteiger charge is 2.34. The monoisotopic (exact) mass is 236 g/mol. The van der Waals surface area contributed by atoms with Crippen LogP contribution in [0, 0.1) is 5.41 Å². The molecule has 0 spiro atoms. The molecule has 0 radical (unpaired) electrons. The Morgan fingerprint density at radius 1 is 1.25 bits per heavy atom. The third-order valence-electron chi connectivity index (χ3n) is 2.41. The molecular weight excluding hydrogens is 210 g/mol. The van der Waals surface area contributed by atoms with E-state index in [0.29, 0.717) is 6.54 Å². The van der Waals surface area contributed by atoms with Crippen molar-refractivity contribution in [1.29, 1.82) is 0 Å². The van der Waals surface area contributed by atoms with Crippen molar-refractivity contribution >= 4 is 0 Å². The summed E-state index contributed by atoms with van der Waals surface area (Å²) in [6, 6.07) is -2.70. The van der Waals surface area contributed by atoms with E-state index in [4.69, 9.17) is 0 Å². The first-order valence-electron chi connectivity index (χ1n) is 6.14. The van der Waals surface area contributed by atoms with Gasteiger partial charge < -0.3 is 0 Å². The molecule has 1 rings (SSSR count). The lowest BCUT2D eigenvalue weighted by molar-refractivity contribution is -0.0850. The van der Waals surface area contributed by atoms with E-state index in [0.717, 1.165) is 19.5 Å². The molecule has 0 aromatic heterocycles. The van der Waals surface area contributed by atoms with Crippen LogP contribution in [0.5, 0.6) is 0 Å². The molecule has 1 fully saturated rings. The van der Waals surface area contributed by atoms with Gasteiger partial charge in [-0.05, 0) is 18.4 Å². The molecular formula is C12H26F2N2. The molecule has 0 aromatic rings.